The van der Waals surface area contributed by atoms with E-state index in [0.717, 1.165) is 39.6 Å². The van der Waals surface area contributed by atoms with Crippen molar-refractivity contribution in [1.82, 2.24) is 19.6 Å². The summed E-state index contributed by atoms with van der Waals surface area (Å²) in [5.41, 5.74) is 6.72. The van der Waals surface area contributed by atoms with Crippen molar-refractivity contribution in [3.05, 3.63) is 85.6 Å². The van der Waals surface area contributed by atoms with E-state index in [1.165, 1.54) is 11.3 Å². The summed E-state index contributed by atoms with van der Waals surface area (Å²) in [4.78, 5) is 13.4. The molecular weight excluding hydrogens is 430 g/mol. The second-order valence-corrected chi connectivity index (χ2v) is 8.99. The lowest BCUT2D eigenvalue weighted by Gasteiger charge is -2.08. The minimum Gasteiger partial charge on any atom is -0.321 e. The molecule has 3 heterocycles. The van der Waals surface area contributed by atoms with Gasteiger partial charge < -0.3 is 5.32 Å². The summed E-state index contributed by atoms with van der Waals surface area (Å²) in [7, 11) is 0. The maximum absolute atomic E-state index is 12.8. The summed E-state index contributed by atoms with van der Waals surface area (Å²) in [5.74, 6) is -0.120. The van der Waals surface area contributed by atoms with Crippen LogP contribution in [-0.2, 0) is 13.1 Å². The van der Waals surface area contributed by atoms with Crippen molar-refractivity contribution in [2.45, 2.75) is 40.8 Å². The normalized spacial score (nSPS) is 11.1. The van der Waals surface area contributed by atoms with Gasteiger partial charge in [0.05, 0.1) is 40.1 Å². The van der Waals surface area contributed by atoms with Gasteiger partial charge in [0.2, 0.25) is 0 Å². The highest BCUT2D eigenvalue weighted by Gasteiger charge is 2.13. The predicted molar refractivity (Wildman–Crippen MR) is 125 cm³/mol. The quantitative estimate of drug-likeness (QED) is 0.426. The highest BCUT2D eigenvalue weighted by Crippen LogP contribution is 2.23. The Morgan fingerprint density at radius 3 is 2.48 bits per heavy atom. The summed E-state index contributed by atoms with van der Waals surface area (Å²) in [6, 6.07) is 11.8. The Morgan fingerprint density at radius 1 is 1.03 bits per heavy atom. The number of aryl methyl sites for hydroxylation is 3. The van der Waals surface area contributed by atoms with E-state index >= 15 is 0 Å². The van der Waals surface area contributed by atoms with Gasteiger partial charge in [-0.1, -0.05) is 23.7 Å². The number of hydrogen-bond donors (Lipinski definition) is 1. The molecule has 0 saturated heterocycles. The number of nitrogens with one attached hydrogen (secondary N) is 1. The first-order valence-electron chi connectivity index (χ1n) is 9.98. The lowest BCUT2D eigenvalue weighted by Crippen LogP contribution is -2.11. The average Bonchev–Trinajstić information content (AvgIpc) is 3.38. The van der Waals surface area contributed by atoms with E-state index in [0.29, 0.717) is 23.0 Å². The third-order valence-electron chi connectivity index (χ3n) is 5.12. The zero-order valence-electron chi connectivity index (χ0n) is 17.9. The fourth-order valence-corrected chi connectivity index (χ4v) is 4.46. The van der Waals surface area contributed by atoms with Crippen molar-refractivity contribution in [2.24, 2.45) is 0 Å². The molecule has 4 aromatic rings. The molecule has 3 aromatic heterocycles. The van der Waals surface area contributed by atoms with Gasteiger partial charge in [0, 0.05) is 11.4 Å². The minimum absolute atomic E-state index is 0.120. The Balaban J connectivity index is 1.44. The van der Waals surface area contributed by atoms with Gasteiger partial charge in [0.15, 0.2) is 0 Å². The third kappa shape index (κ3) is 4.73. The molecule has 1 N–H and O–H groups in total. The zero-order valence-corrected chi connectivity index (χ0v) is 19.5. The highest BCUT2D eigenvalue weighted by molar-refractivity contribution is 7.12. The van der Waals surface area contributed by atoms with Gasteiger partial charge in [-0.2, -0.15) is 10.2 Å². The van der Waals surface area contributed by atoms with Gasteiger partial charge in [0.1, 0.15) is 0 Å². The van der Waals surface area contributed by atoms with Crippen molar-refractivity contribution in [2.75, 3.05) is 5.32 Å². The Labute approximate surface area is 190 Å². The first kappa shape index (κ1) is 21.3. The number of rotatable bonds is 6. The number of nitrogens with zero attached hydrogens (tertiary/aromatic N) is 4. The second kappa shape index (κ2) is 8.69. The molecule has 1 amide bonds. The second-order valence-electron chi connectivity index (χ2n) is 7.70. The Morgan fingerprint density at radius 2 is 1.81 bits per heavy atom. The molecule has 1 aromatic carbocycles. The molecule has 0 atom stereocenters. The first-order chi connectivity index (χ1) is 14.8. The lowest BCUT2D eigenvalue weighted by atomic mass is 10.2. The summed E-state index contributed by atoms with van der Waals surface area (Å²) in [6.07, 6.45) is 0. The third-order valence-corrected chi connectivity index (χ3v) is 6.65. The fourth-order valence-electron chi connectivity index (χ4n) is 3.53. The van der Waals surface area contributed by atoms with Crippen LogP contribution in [0.4, 0.5) is 5.69 Å². The summed E-state index contributed by atoms with van der Waals surface area (Å²) >= 11 is 7.66. The van der Waals surface area contributed by atoms with Crippen LogP contribution in [0.2, 0.25) is 5.02 Å². The molecule has 8 heteroatoms. The summed E-state index contributed by atoms with van der Waals surface area (Å²) in [6.45, 7) is 9.11. The molecule has 4 rings (SSSR count). The standard InChI is InChI=1S/C23H24ClN5OS/c1-14-8-15(2)28(26-14)11-18-6-5-7-20(9-18)25-23(30)21-10-19(13-31-21)12-29-17(4)22(24)16(3)27-29/h5-10,13H,11-12H2,1-4H3,(H,25,30). The van der Waals surface area contributed by atoms with Crippen LogP contribution in [0, 0.1) is 27.7 Å². The monoisotopic (exact) mass is 453 g/mol. The SMILES string of the molecule is Cc1cc(C)n(Cc2cccc(NC(=O)c3cc(Cn4nc(C)c(Cl)c4C)cs3)c2)n1. The molecule has 0 bridgehead atoms. The maximum Gasteiger partial charge on any atom is 0.265 e. The molecule has 31 heavy (non-hydrogen) atoms. The topological polar surface area (TPSA) is 64.7 Å². The molecule has 0 spiro atoms. The van der Waals surface area contributed by atoms with Crippen LogP contribution >= 0.6 is 22.9 Å². The molecule has 0 fully saturated rings. The van der Waals surface area contributed by atoms with E-state index in [4.69, 9.17) is 11.6 Å². The number of hydrogen-bond acceptors (Lipinski definition) is 4. The van der Waals surface area contributed by atoms with Gasteiger partial charge in [-0.25, -0.2) is 0 Å². The van der Waals surface area contributed by atoms with E-state index in [-0.39, 0.29) is 5.91 Å². The van der Waals surface area contributed by atoms with Crippen molar-refractivity contribution in [3.8, 4) is 0 Å². The van der Waals surface area contributed by atoms with Gasteiger partial charge in [-0.15, -0.1) is 11.3 Å². The van der Waals surface area contributed by atoms with Crippen molar-refractivity contribution >= 4 is 34.5 Å². The smallest absolute Gasteiger partial charge is 0.265 e. The van der Waals surface area contributed by atoms with Crippen LogP contribution < -0.4 is 5.32 Å². The number of amides is 1. The Hall–Kier alpha value is -2.90. The molecule has 0 saturated carbocycles. The van der Waals surface area contributed by atoms with Crippen LogP contribution in [0.5, 0.6) is 0 Å². The molecule has 0 aliphatic heterocycles. The number of carbonyl (C=O) groups excluding carboxylic acids is 1. The predicted octanol–water partition coefficient (Wildman–Crippen LogP) is 5.38. The maximum atomic E-state index is 12.8. The van der Waals surface area contributed by atoms with Crippen molar-refractivity contribution < 1.29 is 4.79 Å². The van der Waals surface area contributed by atoms with E-state index in [1.807, 2.05) is 72.8 Å². The van der Waals surface area contributed by atoms with Gasteiger partial charge in [-0.3, -0.25) is 14.2 Å². The Bertz CT molecular complexity index is 1250. The minimum atomic E-state index is -0.120. The number of anilines is 1. The molecule has 0 unspecified atom stereocenters. The molecule has 160 valence electrons. The average molecular weight is 454 g/mol. The van der Waals surface area contributed by atoms with E-state index < -0.39 is 0 Å². The number of aromatic nitrogens is 4. The van der Waals surface area contributed by atoms with E-state index in [2.05, 4.69) is 21.6 Å². The zero-order chi connectivity index (χ0) is 22.1. The number of benzene rings is 1. The van der Waals surface area contributed by atoms with Crippen molar-refractivity contribution in [1.29, 1.82) is 0 Å². The molecule has 0 radical (unpaired) electrons. The number of carbonyl (C=O) groups is 1. The Kier molecular flexibility index (Phi) is 5.98. The summed E-state index contributed by atoms with van der Waals surface area (Å²) < 4.78 is 3.83. The molecule has 0 aliphatic carbocycles. The van der Waals surface area contributed by atoms with Gasteiger partial charge in [0.25, 0.3) is 5.91 Å². The largest absolute Gasteiger partial charge is 0.321 e. The van der Waals surface area contributed by atoms with Crippen LogP contribution in [0.25, 0.3) is 0 Å². The molecule has 6 nitrogen and oxygen atoms in total. The van der Waals surface area contributed by atoms with Gasteiger partial charge >= 0.3 is 0 Å². The molecular formula is C23H24ClN5OS. The van der Waals surface area contributed by atoms with Crippen molar-refractivity contribution in [3.63, 3.8) is 0 Å². The summed E-state index contributed by atoms with van der Waals surface area (Å²) in [5, 5.41) is 14.6. The van der Waals surface area contributed by atoms with Gasteiger partial charge in [-0.05, 0) is 68.5 Å². The fraction of sp³-hybridized carbons (Fsp3) is 0.261. The van der Waals surface area contributed by atoms with Crippen LogP contribution in [0.15, 0.2) is 41.8 Å². The number of halogens is 1. The van der Waals surface area contributed by atoms with Crippen LogP contribution in [0.1, 0.15) is 43.6 Å². The highest BCUT2D eigenvalue weighted by atomic mass is 35.5. The first-order valence-corrected chi connectivity index (χ1v) is 11.2. The van der Waals surface area contributed by atoms with E-state index in [9.17, 15) is 4.79 Å². The van der Waals surface area contributed by atoms with E-state index in [1.54, 1.807) is 0 Å². The molecule has 0 aliphatic rings. The van der Waals surface area contributed by atoms with Crippen LogP contribution in [-0.4, -0.2) is 25.5 Å². The lowest BCUT2D eigenvalue weighted by molar-refractivity contribution is 0.103. The van der Waals surface area contributed by atoms with Crippen LogP contribution in [0.3, 0.4) is 0 Å². The number of thiophene rings is 1.